The largest absolute Gasteiger partial charge is 0.296 e. The number of hydrogen-bond donors (Lipinski definition) is 0. The molecule has 4 heteroatoms. The van der Waals surface area contributed by atoms with Gasteiger partial charge in [0.25, 0.3) is 0 Å². The molecule has 0 unspecified atom stereocenters. The van der Waals surface area contributed by atoms with Crippen LogP contribution in [0.25, 0.3) is 27.6 Å². The van der Waals surface area contributed by atoms with Gasteiger partial charge in [-0.1, -0.05) is 30.9 Å². The van der Waals surface area contributed by atoms with Gasteiger partial charge < -0.3 is 0 Å². The Morgan fingerprint density at radius 2 is 1.77 bits per heavy atom. The predicted octanol–water partition coefficient (Wildman–Crippen LogP) is 5.44. The van der Waals surface area contributed by atoms with E-state index in [2.05, 4.69) is 63.6 Å². The van der Waals surface area contributed by atoms with Gasteiger partial charge in [0, 0.05) is 34.6 Å². The number of rotatable bonds is 3. The van der Waals surface area contributed by atoms with Crippen LogP contribution in [0.3, 0.4) is 0 Å². The Labute approximate surface area is 181 Å². The zero-order valence-electron chi connectivity index (χ0n) is 17.3. The molecule has 3 aromatic heterocycles. The number of aryl methyl sites for hydroxylation is 2. The molecule has 5 aromatic rings. The summed E-state index contributed by atoms with van der Waals surface area (Å²) in [6.45, 7) is 5.98. The quantitative estimate of drug-likeness (QED) is 0.378. The summed E-state index contributed by atoms with van der Waals surface area (Å²) in [5, 5.41) is 1.04. The van der Waals surface area contributed by atoms with E-state index >= 15 is 0 Å². The van der Waals surface area contributed by atoms with Crippen molar-refractivity contribution in [2.24, 2.45) is 0 Å². The van der Waals surface area contributed by atoms with Crippen LogP contribution in [0.2, 0.25) is 0 Å². The molecule has 149 valence electrons. The van der Waals surface area contributed by atoms with Gasteiger partial charge in [-0.3, -0.25) is 14.5 Å². The highest BCUT2D eigenvalue weighted by atomic mass is 15.1. The molecule has 0 bridgehead atoms. The maximum Gasteiger partial charge on any atom is 0.111 e. The summed E-state index contributed by atoms with van der Waals surface area (Å²) in [5.74, 6) is 7.37. The highest BCUT2D eigenvalue weighted by Gasteiger charge is 2.13. The lowest BCUT2D eigenvalue weighted by atomic mass is 10.1. The van der Waals surface area contributed by atoms with E-state index in [1.165, 1.54) is 5.56 Å². The van der Waals surface area contributed by atoms with E-state index in [1.807, 2.05) is 37.4 Å². The number of aromatic nitrogens is 4. The van der Waals surface area contributed by atoms with Crippen molar-refractivity contribution in [3.63, 3.8) is 0 Å². The summed E-state index contributed by atoms with van der Waals surface area (Å²) < 4.78 is 2.20. The van der Waals surface area contributed by atoms with Crippen LogP contribution >= 0.6 is 0 Å². The standard InChI is InChI=1S/C27H21N4/c1-3-5-20-9-12-23(13-10-20)31-19(2)30-26-18-29-25-14-11-21(16-24(25)27(26)31)7-8-22-6-4-15-28-17-22/h4,6,9-18H,1,3,5H2,2H3. The second-order valence-corrected chi connectivity index (χ2v) is 7.48. The molecule has 0 aliphatic carbocycles. The van der Waals surface area contributed by atoms with Gasteiger partial charge in [-0.15, -0.1) is 0 Å². The van der Waals surface area contributed by atoms with Crippen LogP contribution in [0, 0.1) is 25.7 Å². The zero-order valence-corrected chi connectivity index (χ0v) is 17.3. The van der Waals surface area contributed by atoms with Gasteiger partial charge in [-0.25, -0.2) is 4.98 Å². The van der Waals surface area contributed by atoms with Crippen LogP contribution in [0.5, 0.6) is 0 Å². The van der Waals surface area contributed by atoms with E-state index in [9.17, 15) is 0 Å². The SMILES string of the molecule is [CH2]CCc1ccc(-n2c(C)nc3cnc4ccc(C#Cc5cccnc5)cc4c32)cc1. The molecular weight excluding hydrogens is 380 g/mol. The summed E-state index contributed by atoms with van der Waals surface area (Å²) in [7, 11) is 0. The zero-order chi connectivity index (χ0) is 21.2. The van der Waals surface area contributed by atoms with Crippen LogP contribution in [0.15, 0.2) is 73.2 Å². The van der Waals surface area contributed by atoms with Crippen molar-refractivity contribution in [2.45, 2.75) is 19.8 Å². The molecule has 2 aromatic carbocycles. The molecular formula is C27H21N4. The predicted molar refractivity (Wildman–Crippen MR) is 125 cm³/mol. The van der Waals surface area contributed by atoms with E-state index in [4.69, 9.17) is 4.98 Å². The smallest absolute Gasteiger partial charge is 0.111 e. The third kappa shape index (κ3) is 3.67. The van der Waals surface area contributed by atoms with Gasteiger partial charge in [0.1, 0.15) is 11.3 Å². The topological polar surface area (TPSA) is 43.6 Å². The number of fused-ring (bicyclic) bond motifs is 3. The first-order valence-corrected chi connectivity index (χ1v) is 10.3. The highest BCUT2D eigenvalue weighted by molar-refractivity contribution is 6.03. The van der Waals surface area contributed by atoms with Crippen molar-refractivity contribution in [2.75, 3.05) is 0 Å². The number of benzene rings is 2. The molecule has 0 aliphatic rings. The summed E-state index contributed by atoms with van der Waals surface area (Å²) >= 11 is 0. The monoisotopic (exact) mass is 401 g/mol. The normalized spacial score (nSPS) is 10.9. The third-order valence-electron chi connectivity index (χ3n) is 5.32. The molecule has 0 atom stereocenters. The van der Waals surface area contributed by atoms with Crippen molar-refractivity contribution in [1.82, 2.24) is 19.5 Å². The lowest BCUT2D eigenvalue weighted by Gasteiger charge is -2.10. The van der Waals surface area contributed by atoms with Crippen LogP contribution < -0.4 is 0 Å². The molecule has 3 heterocycles. The minimum atomic E-state index is 0.879. The van der Waals surface area contributed by atoms with Crippen LogP contribution in [-0.4, -0.2) is 19.5 Å². The van der Waals surface area contributed by atoms with E-state index in [-0.39, 0.29) is 0 Å². The van der Waals surface area contributed by atoms with Crippen molar-refractivity contribution in [3.8, 4) is 17.5 Å². The second kappa shape index (κ2) is 8.04. The molecule has 31 heavy (non-hydrogen) atoms. The Balaban J connectivity index is 1.67. The van der Waals surface area contributed by atoms with Gasteiger partial charge in [0.05, 0.1) is 17.2 Å². The summed E-state index contributed by atoms with van der Waals surface area (Å²) in [4.78, 5) is 13.5. The van der Waals surface area contributed by atoms with Crippen LogP contribution in [0.1, 0.15) is 28.9 Å². The van der Waals surface area contributed by atoms with Gasteiger partial charge in [-0.05, 0) is 67.8 Å². The third-order valence-corrected chi connectivity index (χ3v) is 5.32. The summed E-state index contributed by atoms with van der Waals surface area (Å²) in [6, 6.07) is 18.6. The van der Waals surface area contributed by atoms with Crippen LogP contribution in [0.4, 0.5) is 0 Å². The van der Waals surface area contributed by atoms with E-state index in [0.717, 1.165) is 57.4 Å². The van der Waals surface area contributed by atoms with E-state index in [0.29, 0.717) is 0 Å². The lowest BCUT2D eigenvalue weighted by molar-refractivity contribution is 0.980. The van der Waals surface area contributed by atoms with Crippen molar-refractivity contribution in [3.05, 3.63) is 103 Å². The fourth-order valence-electron chi connectivity index (χ4n) is 3.86. The molecule has 4 nitrogen and oxygen atoms in total. The number of hydrogen-bond acceptors (Lipinski definition) is 3. The Hall–Kier alpha value is -3.97. The molecule has 0 saturated heterocycles. The maximum absolute atomic E-state index is 4.77. The molecule has 0 aliphatic heterocycles. The van der Waals surface area contributed by atoms with Gasteiger partial charge >= 0.3 is 0 Å². The second-order valence-electron chi connectivity index (χ2n) is 7.48. The molecule has 0 N–H and O–H groups in total. The van der Waals surface area contributed by atoms with Gasteiger partial charge in [0.2, 0.25) is 0 Å². The minimum absolute atomic E-state index is 0.879. The van der Waals surface area contributed by atoms with Crippen molar-refractivity contribution < 1.29 is 0 Å². The summed E-state index contributed by atoms with van der Waals surface area (Å²) in [6.07, 6.45) is 7.24. The number of imidazole rings is 1. The molecule has 1 radical (unpaired) electrons. The molecule has 0 saturated carbocycles. The Kier molecular flexibility index (Phi) is 4.93. The van der Waals surface area contributed by atoms with Gasteiger partial charge in [0.15, 0.2) is 0 Å². The van der Waals surface area contributed by atoms with Crippen molar-refractivity contribution in [1.29, 1.82) is 0 Å². The maximum atomic E-state index is 4.77. The average Bonchev–Trinajstić information content (AvgIpc) is 3.15. The fourth-order valence-corrected chi connectivity index (χ4v) is 3.86. The van der Waals surface area contributed by atoms with Crippen molar-refractivity contribution >= 4 is 21.9 Å². The first-order chi connectivity index (χ1) is 15.2. The molecule has 5 rings (SSSR count). The summed E-state index contributed by atoms with van der Waals surface area (Å²) in [5.41, 5.74) is 7.06. The van der Waals surface area contributed by atoms with Crippen LogP contribution in [-0.2, 0) is 6.42 Å². The molecule has 0 amide bonds. The Bertz CT molecular complexity index is 1440. The number of nitrogens with zero attached hydrogens (tertiary/aromatic N) is 4. The minimum Gasteiger partial charge on any atom is -0.296 e. The van der Waals surface area contributed by atoms with E-state index in [1.54, 1.807) is 12.4 Å². The Morgan fingerprint density at radius 3 is 2.55 bits per heavy atom. The highest BCUT2D eigenvalue weighted by Crippen LogP contribution is 2.28. The Morgan fingerprint density at radius 1 is 0.935 bits per heavy atom. The number of pyridine rings is 2. The first-order valence-electron chi connectivity index (χ1n) is 10.3. The van der Waals surface area contributed by atoms with E-state index < -0.39 is 0 Å². The molecule has 0 fully saturated rings. The molecule has 0 spiro atoms. The average molecular weight is 401 g/mol. The first kappa shape index (κ1) is 19.0. The fraction of sp³-hybridized carbons (Fsp3) is 0.111. The lowest BCUT2D eigenvalue weighted by Crippen LogP contribution is -1.98. The van der Waals surface area contributed by atoms with Gasteiger partial charge in [-0.2, -0.15) is 0 Å².